The number of anilines is 1. The molecule has 1 atom stereocenters. The molecule has 1 aromatic carbocycles. The highest BCUT2D eigenvalue weighted by atomic mass is 15.0. The molecule has 19 heavy (non-hydrogen) atoms. The molecule has 0 aliphatic heterocycles. The molecule has 0 spiro atoms. The summed E-state index contributed by atoms with van der Waals surface area (Å²) in [6.45, 7) is 12.0. The van der Waals surface area contributed by atoms with Gasteiger partial charge in [0.1, 0.15) is 5.82 Å². The number of hydrogen-bond acceptors (Lipinski definition) is 3. The van der Waals surface area contributed by atoms with E-state index in [0.717, 1.165) is 29.1 Å². The normalized spacial score (nSPS) is 13.5. The molecule has 0 aliphatic rings. The van der Waals surface area contributed by atoms with Gasteiger partial charge in [-0.25, -0.2) is 9.97 Å². The average Bonchev–Trinajstić information content (AvgIpc) is 2.34. The number of benzene rings is 1. The maximum absolute atomic E-state index is 4.66. The second-order valence-corrected chi connectivity index (χ2v) is 6.29. The van der Waals surface area contributed by atoms with Crippen molar-refractivity contribution in [2.75, 3.05) is 11.9 Å². The fourth-order valence-corrected chi connectivity index (χ4v) is 1.81. The van der Waals surface area contributed by atoms with E-state index in [1.165, 1.54) is 0 Å². The van der Waals surface area contributed by atoms with E-state index in [-0.39, 0.29) is 0 Å². The van der Waals surface area contributed by atoms with Gasteiger partial charge in [-0.05, 0) is 30.4 Å². The van der Waals surface area contributed by atoms with Crippen molar-refractivity contribution in [2.24, 2.45) is 11.3 Å². The minimum Gasteiger partial charge on any atom is -0.368 e. The highest BCUT2D eigenvalue weighted by molar-refractivity contribution is 5.76. The zero-order valence-corrected chi connectivity index (χ0v) is 12.5. The van der Waals surface area contributed by atoms with Crippen molar-refractivity contribution >= 4 is 16.9 Å². The van der Waals surface area contributed by atoms with E-state index >= 15 is 0 Å². The lowest BCUT2D eigenvalue weighted by Gasteiger charge is -2.27. The van der Waals surface area contributed by atoms with Crippen molar-refractivity contribution in [3.8, 4) is 0 Å². The van der Waals surface area contributed by atoms with E-state index in [9.17, 15) is 0 Å². The van der Waals surface area contributed by atoms with Crippen molar-refractivity contribution in [1.82, 2.24) is 9.97 Å². The molecule has 0 saturated carbocycles. The Morgan fingerprint density at radius 2 is 1.68 bits per heavy atom. The summed E-state index contributed by atoms with van der Waals surface area (Å²) in [5.41, 5.74) is 3.15. The minimum absolute atomic E-state index is 0.297. The SMILES string of the molecule is Cc1nc2ccccc2nc1NCC(C)C(C)(C)C. The molecule has 2 rings (SSSR count). The molecule has 0 fully saturated rings. The van der Waals surface area contributed by atoms with Gasteiger partial charge in [-0.15, -0.1) is 0 Å². The lowest BCUT2D eigenvalue weighted by Crippen LogP contribution is -2.25. The number of fused-ring (bicyclic) bond motifs is 1. The highest BCUT2D eigenvalue weighted by Gasteiger charge is 2.20. The summed E-state index contributed by atoms with van der Waals surface area (Å²) in [7, 11) is 0. The molecule has 0 bridgehead atoms. The first-order valence-corrected chi connectivity index (χ1v) is 6.85. The molecule has 0 radical (unpaired) electrons. The van der Waals surface area contributed by atoms with Crippen molar-refractivity contribution < 1.29 is 0 Å². The molecular formula is C16H23N3. The van der Waals surface area contributed by atoms with Gasteiger partial charge in [-0.1, -0.05) is 39.8 Å². The summed E-state index contributed by atoms with van der Waals surface area (Å²) in [6, 6.07) is 7.98. The van der Waals surface area contributed by atoms with E-state index in [0.29, 0.717) is 11.3 Å². The van der Waals surface area contributed by atoms with Crippen LogP contribution in [0.3, 0.4) is 0 Å². The zero-order valence-electron chi connectivity index (χ0n) is 12.5. The lowest BCUT2D eigenvalue weighted by molar-refractivity contribution is 0.274. The summed E-state index contributed by atoms with van der Waals surface area (Å²) in [5.74, 6) is 1.47. The third kappa shape index (κ3) is 3.22. The number of aryl methyl sites for hydroxylation is 1. The summed E-state index contributed by atoms with van der Waals surface area (Å²) < 4.78 is 0. The van der Waals surface area contributed by atoms with Crippen molar-refractivity contribution in [3.05, 3.63) is 30.0 Å². The molecule has 1 unspecified atom stereocenters. The van der Waals surface area contributed by atoms with Gasteiger partial charge in [0.25, 0.3) is 0 Å². The van der Waals surface area contributed by atoms with Gasteiger partial charge in [0.05, 0.1) is 16.7 Å². The Morgan fingerprint density at radius 3 is 2.26 bits per heavy atom. The number of hydrogen-bond donors (Lipinski definition) is 1. The number of aromatic nitrogens is 2. The second kappa shape index (κ2) is 5.16. The predicted molar refractivity (Wildman–Crippen MR) is 81.4 cm³/mol. The van der Waals surface area contributed by atoms with Crippen LogP contribution < -0.4 is 5.32 Å². The maximum atomic E-state index is 4.66. The van der Waals surface area contributed by atoms with Gasteiger partial charge in [0.15, 0.2) is 0 Å². The Bertz CT molecular complexity index is 570. The van der Waals surface area contributed by atoms with Crippen LogP contribution in [0.2, 0.25) is 0 Å². The minimum atomic E-state index is 0.297. The van der Waals surface area contributed by atoms with Gasteiger partial charge in [-0.3, -0.25) is 0 Å². The first-order valence-electron chi connectivity index (χ1n) is 6.85. The van der Waals surface area contributed by atoms with E-state index in [2.05, 4.69) is 43.0 Å². The number of rotatable bonds is 3. The van der Waals surface area contributed by atoms with E-state index in [1.54, 1.807) is 0 Å². The third-order valence-electron chi connectivity index (χ3n) is 3.80. The first-order chi connectivity index (χ1) is 8.88. The maximum Gasteiger partial charge on any atom is 0.148 e. The summed E-state index contributed by atoms with van der Waals surface area (Å²) in [5, 5.41) is 3.44. The van der Waals surface area contributed by atoms with Crippen LogP contribution in [0.5, 0.6) is 0 Å². The number of nitrogens with one attached hydrogen (secondary N) is 1. The third-order valence-corrected chi connectivity index (χ3v) is 3.80. The molecule has 3 nitrogen and oxygen atoms in total. The predicted octanol–water partition coefficient (Wildman–Crippen LogP) is 4.03. The molecule has 0 aliphatic carbocycles. The monoisotopic (exact) mass is 257 g/mol. The van der Waals surface area contributed by atoms with E-state index < -0.39 is 0 Å². The quantitative estimate of drug-likeness (QED) is 0.902. The number of para-hydroxylation sites is 2. The van der Waals surface area contributed by atoms with E-state index in [1.807, 2.05) is 31.2 Å². The Hall–Kier alpha value is -1.64. The molecule has 2 aromatic rings. The van der Waals surface area contributed by atoms with Crippen molar-refractivity contribution in [2.45, 2.75) is 34.6 Å². The van der Waals surface area contributed by atoms with Crippen molar-refractivity contribution in [1.29, 1.82) is 0 Å². The average molecular weight is 257 g/mol. The highest BCUT2D eigenvalue weighted by Crippen LogP contribution is 2.26. The van der Waals surface area contributed by atoms with Gasteiger partial charge in [0.2, 0.25) is 0 Å². The van der Waals surface area contributed by atoms with Crippen LogP contribution in [0.25, 0.3) is 11.0 Å². The van der Waals surface area contributed by atoms with Gasteiger partial charge < -0.3 is 5.32 Å². The molecule has 0 amide bonds. The fraction of sp³-hybridized carbons (Fsp3) is 0.500. The van der Waals surface area contributed by atoms with Crippen LogP contribution in [0, 0.1) is 18.3 Å². The molecule has 102 valence electrons. The molecule has 1 N–H and O–H groups in total. The van der Waals surface area contributed by atoms with Crippen LogP contribution in [-0.2, 0) is 0 Å². The molecule has 3 heteroatoms. The topological polar surface area (TPSA) is 37.8 Å². The first kappa shape index (κ1) is 13.8. The number of nitrogens with zero attached hydrogens (tertiary/aromatic N) is 2. The summed E-state index contributed by atoms with van der Waals surface area (Å²) in [6.07, 6.45) is 0. The zero-order chi connectivity index (χ0) is 14.0. The van der Waals surface area contributed by atoms with E-state index in [4.69, 9.17) is 0 Å². The van der Waals surface area contributed by atoms with Crippen LogP contribution in [0.1, 0.15) is 33.4 Å². The largest absolute Gasteiger partial charge is 0.368 e. The van der Waals surface area contributed by atoms with Crippen molar-refractivity contribution in [3.63, 3.8) is 0 Å². The van der Waals surface area contributed by atoms with Crippen LogP contribution in [0.15, 0.2) is 24.3 Å². The smallest absolute Gasteiger partial charge is 0.148 e. The van der Waals surface area contributed by atoms with Crippen LogP contribution in [-0.4, -0.2) is 16.5 Å². The lowest BCUT2D eigenvalue weighted by atomic mass is 9.82. The summed E-state index contributed by atoms with van der Waals surface area (Å²) >= 11 is 0. The Kier molecular flexibility index (Phi) is 3.74. The Balaban J connectivity index is 2.19. The fourth-order valence-electron chi connectivity index (χ4n) is 1.81. The Morgan fingerprint density at radius 1 is 1.11 bits per heavy atom. The van der Waals surface area contributed by atoms with Crippen LogP contribution in [0.4, 0.5) is 5.82 Å². The molecule has 0 saturated heterocycles. The molecule has 1 heterocycles. The molecule has 1 aromatic heterocycles. The molecular weight excluding hydrogens is 234 g/mol. The van der Waals surface area contributed by atoms with Gasteiger partial charge in [-0.2, -0.15) is 0 Å². The van der Waals surface area contributed by atoms with Gasteiger partial charge in [0, 0.05) is 6.54 Å². The second-order valence-electron chi connectivity index (χ2n) is 6.29. The standard InChI is InChI=1S/C16H23N3/c1-11(16(3,4)5)10-17-15-12(2)18-13-8-6-7-9-14(13)19-15/h6-9,11H,10H2,1-5H3,(H,17,19). The summed E-state index contributed by atoms with van der Waals surface area (Å²) in [4.78, 5) is 9.25. The Labute approximate surface area is 115 Å². The van der Waals surface area contributed by atoms with Gasteiger partial charge >= 0.3 is 0 Å². The van der Waals surface area contributed by atoms with Crippen LogP contribution >= 0.6 is 0 Å².